The minimum atomic E-state index is -0.226. The minimum absolute atomic E-state index is 0.0403. The van der Waals surface area contributed by atoms with Crippen molar-refractivity contribution in [2.24, 2.45) is 0 Å². The van der Waals surface area contributed by atoms with Crippen LogP contribution in [-0.4, -0.2) is 24.2 Å². The van der Waals surface area contributed by atoms with Crippen LogP contribution in [0.5, 0.6) is 5.75 Å². The van der Waals surface area contributed by atoms with E-state index in [1.165, 1.54) is 5.56 Å². The molecule has 0 spiro atoms. The lowest BCUT2D eigenvalue weighted by Crippen LogP contribution is -2.27. The second-order valence-corrected chi connectivity index (χ2v) is 8.10. The molecule has 0 saturated carbocycles. The zero-order valence-electron chi connectivity index (χ0n) is 16.6. The van der Waals surface area contributed by atoms with Crippen LogP contribution >= 0.6 is 11.8 Å². The lowest BCUT2D eigenvalue weighted by molar-refractivity contribution is -0.118. The number of amides is 2. The third-order valence-corrected chi connectivity index (χ3v) is 5.99. The van der Waals surface area contributed by atoms with Crippen LogP contribution in [0.15, 0.2) is 78.9 Å². The van der Waals surface area contributed by atoms with Gasteiger partial charge in [0.1, 0.15) is 11.1 Å². The van der Waals surface area contributed by atoms with Crippen LogP contribution in [0.3, 0.4) is 0 Å². The number of ether oxygens (including phenoxy) is 1. The molecule has 0 radical (unpaired) electrons. The zero-order chi connectivity index (χ0) is 20.9. The number of nitrogens with one attached hydrogen (secondary N) is 1. The van der Waals surface area contributed by atoms with Crippen molar-refractivity contribution in [2.45, 2.75) is 12.3 Å². The third kappa shape index (κ3) is 4.66. The highest BCUT2D eigenvalue weighted by Crippen LogP contribution is 2.42. The molecule has 0 bridgehead atoms. The van der Waals surface area contributed by atoms with Gasteiger partial charge >= 0.3 is 0 Å². The van der Waals surface area contributed by atoms with Gasteiger partial charge in [-0.15, -0.1) is 11.8 Å². The van der Waals surface area contributed by atoms with Crippen molar-refractivity contribution in [3.8, 4) is 5.75 Å². The predicted octanol–water partition coefficient (Wildman–Crippen LogP) is 4.79. The predicted molar refractivity (Wildman–Crippen MR) is 121 cm³/mol. The first-order valence-corrected chi connectivity index (χ1v) is 10.7. The fourth-order valence-electron chi connectivity index (χ4n) is 3.25. The number of nitrogens with zero attached hydrogens (tertiary/aromatic N) is 1. The number of carbonyl (C=O) groups is 2. The van der Waals surface area contributed by atoms with Gasteiger partial charge in [0.15, 0.2) is 6.61 Å². The monoisotopic (exact) mass is 418 g/mol. The molecule has 1 unspecified atom stereocenters. The second-order valence-electron chi connectivity index (χ2n) is 7.03. The van der Waals surface area contributed by atoms with Gasteiger partial charge in [0.05, 0.1) is 5.75 Å². The SMILES string of the molecule is Cc1ccc(C2SCC(=O)N2c2ccc(OCC(=O)Nc3ccccc3)cc2)cc1. The summed E-state index contributed by atoms with van der Waals surface area (Å²) in [5.41, 5.74) is 3.84. The molecule has 1 saturated heterocycles. The molecule has 5 nitrogen and oxygen atoms in total. The quantitative estimate of drug-likeness (QED) is 0.625. The standard InChI is InChI=1S/C24H22N2O3S/c1-17-7-9-18(10-8-17)24-26(23(28)16-30-24)20-11-13-21(14-12-20)29-15-22(27)25-19-5-3-2-4-6-19/h2-14,24H,15-16H2,1H3,(H,25,27). The first-order chi connectivity index (χ1) is 14.6. The first kappa shape index (κ1) is 20.0. The van der Waals surface area contributed by atoms with Crippen LogP contribution in [0, 0.1) is 6.92 Å². The Morgan fingerprint density at radius 3 is 2.43 bits per heavy atom. The largest absolute Gasteiger partial charge is 0.484 e. The highest BCUT2D eigenvalue weighted by Gasteiger charge is 2.33. The second kappa shape index (κ2) is 9.05. The van der Waals surface area contributed by atoms with Crippen molar-refractivity contribution in [3.63, 3.8) is 0 Å². The van der Waals surface area contributed by atoms with Gasteiger partial charge in [0, 0.05) is 11.4 Å². The normalized spacial score (nSPS) is 15.8. The summed E-state index contributed by atoms with van der Waals surface area (Å²) in [7, 11) is 0. The van der Waals surface area contributed by atoms with Crippen LogP contribution < -0.4 is 15.0 Å². The van der Waals surface area contributed by atoms with Crippen LogP contribution in [-0.2, 0) is 9.59 Å². The number of carbonyl (C=O) groups excluding carboxylic acids is 2. The number of anilines is 2. The molecule has 152 valence electrons. The molecule has 3 aromatic carbocycles. The Hall–Kier alpha value is -3.25. The highest BCUT2D eigenvalue weighted by atomic mass is 32.2. The molecule has 6 heteroatoms. The molecule has 1 atom stereocenters. The Bertz CT molecular complexity index is 1020. The van der Waals surface area contributed by atoms with Crippen LogP contribution in [0.25, 0.3) is 0 Å². The van der Waals surface area contributed by atoms with Gasteiger partial charge in [0.2, 0.25) is 5.91 Å². The third-order valence-electron chi connectivity index (χ3n) is 4.77. The smallest absolute Gasteiger partial charge is 0.262 e. The molecule has 3 aromatic rings. The topological polar surface area (TPSA) is 58.6 Å². The minimum Gasteiger partial charge on any atom is -0.484 e. The summed E-state index contributed by atoms with van der Waals surface area (Å²) >= 11 is 1.62. The van der Waals surface area contributed by atoms with Crippen LogP contribution in [0.1, 0.15) is 16.5 Å². The molecule has 2 amide bonds. The van der Waals surface area contributed by atoms with E-state index in [0.29, 0.717) is 11.5 Å². The van der Waals surface area contributed by atoms with Gasteiger partial charge in [-0.25, -0.2) is 0 Å². The maximum absolute atomic E-state index is 12.5. The number of aryl methyl sites for hydroxylation is 1. The van der Waals surface area contributed by atoms with Crippen molar-refractivity contribution >= 4 is 35.0 Å². The Labute approximate surface area is 180 Å². The molecule has 1 fully saturated rings. The molecule has 0 aromatic heterocycles. The number of benzene rings is 3. The summed E-state index contributed by atoms with van der Waals surface area (Å²) in [4.78, 5) is 26.4. The van der Waals surface area contributed by atoms with Crippen molar-refractivity contribution in [3.05, 3.63) is 90.0 Å². The van der Waals surface area contributed by atoms with Gasteiger partial charge in [-0.05, 0) is 48.9 Å². The van der Waals surface area contributed by atoms with Gasteiger partial charge < -0.3 is 10.1 Å². The van der Waals surface area contributed by atoms with E-state index in [4.69, 9.17) is 4.74 Å². The summed E-state index contributed by atoms with van der Waals surface area (Å²) in [6.45, 7) is 1.96. The molecule has 1 aliphatic heterocycles. The molecular formula is C24H22N2O3S. The van der Waals surface area contributed by atoms with E-state index in [0.717, 1.165) is 16.9 Å². The summed E-state index contributed by atoms with van der Waals surface area (Å²) in [6, 6.07) is 24.8. The van der Waals surface area contributed by atoms with E-state index in [9.17, 15) is 9.59 Å². The van der Waals surface area contributed by atoms with Gasteiger partial charge in [-0.1, -0.05) is 48.0 Å². The van der Waals surface area contributed by atoms with E-state index in [2.05, 4.69) is 29.6 Å². The van der Waals surface area contributed by atoms with Crippen LogP contribution in [0.2, 0.25) is 0 Å². The van der Waals surface area contributed by atoms with Crippen molar-refractivity contribution in [1.29, 1.82) is 0 Å². The number of rotatable bonds is 6. The lowest BCUT2D eigenvalue weighted by Gasteiger charge is -2.24. The Kier molecular flexibility index (Phi) is 6.05. The zero-order valence-corrected chi connectivity index (χ0v) is 17.4. The maximum Gasteiger partial charge on any atom is 0.262 e. The van der Waals surface area contributed by atoms with Gasteiger partial charge in [0.25, 0.3) is 5.91 Å². The average molecular weight is 419 g/mol. The van der Waals surface area contributed by atoms with Gasteiger partial charge in [-0.2, -0.15) is 0 Å². The first-order valence-electron chi connectivity index (χ1n) is 9.68. The Morgan fingerprint density at radius 2 is 1.73 bits per heavy atom. The van der Waals surface area contributed by atoms with Crippen LogP contribution in [0.4, 0.5) is 11.4 Å². The molecule has 1 N–H and O–H groups in total. The van der Waals surface area contributed by atoms with Crippen molar-refractivity contribution < 1.29 is 14.3 Å². The maximum atomic E-state index is 12.5. The summed E-state index contributed by atoms with van der Waals surface area (Å²) < 4.78 is 5.59. The molecule has 4 rings (SSSR count). The molecule has 30 heavy (non-hydrogen) atoms. The number of hydrogen-bond donors (Lipinski definition) is 1. The average Bonchev–Trinajstić information content (AvgIpc) is 3.15. The Morgan fingerprint density at radius 1 is 1.03 bits per heavy atom. The Balaban J connectivity index is 1.40. The summed E-state index contributed by atoms with van der Waals surface area (Å²) in [6.07, 6.45) is 0. The molecular weight excluding hydrogens is 396 g/mol. The summed E-state index contributed by atoms with van der Waals surface area (Å²) in [5.74, 6) is 0.890. The van der Waals surface area contributed by atoms with Gasteiger partial charge in [-0.3, -0.25) is 14.5 Å². The number of hydrogen-bond acceptors (Lipinski definition) is 4. The van der Waals surface area contributed by atoms with Crippen molar-refractivity contribution in [2.75, 3.05) is 22.6 Å². The lowest BCUT2D eigenvalue weighted by atomic mass is 10.1. The fraction of sp³-hybridized carbons (Fsp3) is 0.167. The van der Waals surface area contributed by atoms with E-state index in [1.54, 1.807) is 23.9 Å². The van der Waals surface area contributed by atoms with E-state index < -0.39 is 0 Å². The van der Waals surface area contributed by atoms with E-state index >= 15 is 0 Å². The molecule has 1 heterocycles. The number of para-hydroxylation sites is 1. The fourth-order valence-corrected chi connectivity index (χ4v) is 4.43. The van der Waals surface area contributed by atoms with Crippen molar-refractivity contribution in [1.82, 2.24) is 0 Å². The van der Waals surface area contributed by atoms with E-state index in [1.807, 2.05) is 54.3 Å². The molecule has 1 aliphatic rings. The summed E-state index contributed by atoms with van der Waals surface area (Å²) in [5, 5.41) is 2.74. The number of thioether (sulfide) groups is 1. The molecule has 0 aliphatic carbocycles. The highest BCUT2D eigenvalue weighted by molar-refractivity contribution is 8.00. The van der Waals surface area contributed by atoms with E-state index in [-0.39, 0.29) is 23.8 Å².